The van der Waals surface area contributed by atoms with E-state index in [1.807, 2.05) is 6.07 Å². The van der Waals surface area contributed by atoms with Crippen LogP contribution in [0.4, 0.5) is 19.0 Å². The topological polar surface area (TPSA) is 111 Å². The second-order valence-corrected chi connectivity index (χ2v) is 9.69. The highest BCUT2D eigenvalue weighted by Crippen LogP contribution is 2.31. The van der Waals surface area contributed by atoms with Gasteiger partial charge in [0.2, 0.25) is 5.91 Å². The van der Waals surface area contributed by atoms with E-state index in [2.05, 4.69) is 16.5 Å². The van der Waals surface area contributed by atoms with Crippen LogP contribution in [0, 0.1) is 18.3 Å². The third-order valence-corrected chi connectivity index (χ3v) is 6.97. The molecule has 0 aliphatic carbocycles. The van der Waals surface area contributed by atoms with Gasteiger partial charge in [0.25, 0.3) is 11.8 Å². The van der Waals surface area contributed by atoms with Crippen molar-refractivity contribution in [2.75, 3.05) is 18.0 Å². The Morgan fingerprint density at radius 2 is 1.88 bits per heavy atom. The second kappa shape index (κ2) is 11.8. The molecule has 9 nitrogen and oxygen atoms in total. The van der Waals surface area contributed by atoms with Gasteiger partial charge in [0.05, 0.1) is 17.3 Å². The van der Waals surface area contributed by atoms with Crippen molar-refractivity contribution in [2.24, 2.45) is 0 Å². The number of nitrogens with zero attached hydrogens (tertiary/aromatic N) is 5. The number of anilines is 1. The number of hydrogen-bond donors (Lipinski definition) is 1. The Morgan fingerprint density at radius 1 is 1.17 bits per heavy atom. The summed E-state index contributed by atoms with van der Waals surface area (Å²) >= 11 is 0. The average Bonchev–Trinajstić information content (AvgIpc) is 3.58. The van der Waals surface area contributed by atoms with Crippen molar-refractivity contribution < 1.29 is 27.6 Å². The van der Waals surface area contributed by atoms with Crippen LogP contribution in [0.1, 0.15) is 58.7 Å². The first-order valence-corrected chi connectivity index (χ1v) is 13.1. The number of likely N-dealkylation sites (tertiary alicyclic amines) is 1. The van der Waals surface area contributed by atoms with E-state index in [0.717, 1.165) is 18.2 Å². The molecule has 0 saturated carbocycles. The van der Waals surface area contributed by atoms with Crippen molar-refractivity contribution in [3.63, 3.8) is 0 Å². The largest absolute Gasteiger partial charge is 0.416 e. The van der Waals surface area contributed by atoms with Gasteiger partial charge in [-0.05, 0) is 63.9 Å². The molecule has 1 saturated heterocycles. The van der Waals surface area contributed by atoms with E-state index in [0.29, 0.717) is 36.5 Å². The molecule has 0 radical (unpaired) electrons. The van der Waals surface area contributed by atoms with Crippen molar-refractivity contribution >= 4 is 23.5 Å². The molecule has 2 atom stereocenters. The Labute approximate surface area is 235 Å². The van der Waals surface area contributed by atoms with Crippen molar-refractivity contribution in [1.82, 2.24) is 20.0 Å². The summed E-state index contributed by atoms with van der Waals surface area (Å²) in [5.41, 5.74) is -0.129. The van der Waals surface area contributed by atoms with Crippen LogP contribution in [-0.4, -0.2) is 57.6 Å². The Hall–Kier alpha value is -4.66. The summed E-state index contributed by atoms with van der Waals surface area (Å²) < 4.78 is 40.9. The number of carbonyl (C=O) groups is 3. The Morgan fingerprint density at radius 3 is 2.51 bits per heavy atom. The number of alkyl halides is 3. The third kappa shape index (κ3) is 5.94. The average molecular weight is 567 g/mol. The number of likely N-dealkylation sites (N-methyl/N-ethyl adjacent to an activating group) is 1. The van der Waals surface area contributed by atoms with E-state index in [9.17, 15) is 32.8 Å². The number of benzene rings is 2. The smallest absolute Gasteiger partial charge is 0.341 e. The first-order chi connectivity index (χ1) is 19.5. The second-order valence-electron chi connectivity index (χ2n) is 9.69. The summed E-state index contributed by atoms with van der Waals surface area (Å²) in [5.74, 6) is -1.51. The zero-order chi connectivity index (χ0) is 29.9. The van der Waals surface area contributed by atoms with E-state index < -0.39 is 41.5 Å². The van der Waals surface area contributed by atoms with Crippen molar-refractivity contribution in [1.29, 1.82) is 5.26 Å². The quantitative estimate of drug-likeness (QED) is 0.453. The van der Waals surface area contributed by atoms with E-state index in [1.54, 1.807) is 38.1 Å². The molecule has 0 bridgehead atoms. The van der Waals surface area contributed by atoms with E-state index in [-0.39, 0.29) is 17.8 Å². The van der Waals surface area contributed by atoms with E-state index in [4.69, 9.17) is 0 Å². The molecular formula is C29H29F3N6O3. The summed E-state index contributed by atoms with van der Waals surface area (Å²) in [6.45, 7) is 5.37. The lowest BCUT2D eigenvalue weighted by Gasteiger charge is -2.26. The number of aromatic nitrogens is 2. The van der Waals surface area contributed by atoms with Crippen LogP contribution >= 0.6 is 0 Å². The number of nitriles is 1. The standard InChI is InChI=1S/C29H29F3N6O3/c1-4-36(27(40)19(3)34-25(39)20-10-8-11-21(16-20)29(30,31)32)26-18(2)24(28(41)37-15-9-14-23(37)17-33)35-38(26)22-12-6-5-7-13-22/h5-8,10-13,16,19,23H,4,9,14-15H2,1-3H3,(H,34,39). The highest BCUT2D eigenvalue weighted by Gasteiger charge is 2.36. The van der Waals surface area contributed by atoms with Crippen molar-refractivity contribution in [3.8, 4) is 11.8 Å². The lowest BCUT2D eigenvalue weighted by Crippen LogP contribution is -2.48. The minimum atomic E-state index is -4.62. The molecule has 12 heteroatoms. The molecule has 1 N–H and O–H groups in total. The number of carbonyl (C=O) groups excluding carboxylic acids is 3. The predicted octanol–water partition coefficient (Wildman–Crippen LogP) is 4.50. The van der Waals surface area contributed by atoms with Crippen LogP contribution in [0.3, 0.4) is 0 Å². The van der Waals surface area contributed by atoms with Gasteiger partial charge in [-0.15, -0.1) is 0 Å². The molecular weight excluding hydrogens is 537 g/mol. The number of halogens is 3. The van der Waals surface area contributed by atoms with Crippen molar-refractivity contribution in [2.45, 2.75) is 51.9 Å². The Balaban J connectivity index is 1.68. The zero-order valence-electron chi connectivity index (χ0n) is 22.8. The summed E-state index contributed by atoms with van der Waals surface area (Å²) in [6, 6.07) is 13.3. The lowest BCUT2D eigenvalue weighted by atomic mass is 10.1. The minimum Gasteiger partial charge on any atom is -0.341 e. The minimum absolute atomic E-state index is 0.0953. The summed E-state index contributed by atoms with van der Waals surface area (Å²) in [5, 5.41) is 16.6. The molecule has 1 aliphatic rings. The van der Waals surface area contributed by atoms with Crippen LogP contribution in [0.2, 0.25) is 0 Å². The van der Waals surface area contributed by atoms with Gasteiger partial charge in [-0.2, -0.15) is 23.5 Å². The Kier molecular flexibility index (Phi) is 8.47. The van der Waals surface area contributed by atoms with Gasteiger partial charge in [0, 0.05) is 24.2 Å². The molecule has 1 aliphatic heterocycles. The fourth-order valence-corrected chi connectivity index (χ4v) is 4.86. The highest BCUT2D eigenvalue weighted by molar-refractivity contribution is 6.03. The van der Waals surface area contributed by atoms with Gasteiger partial charge >= 0.3 is 6.18 Å². The molecule has 2 heterocycles. The number of rotatable bonds is 7. The molecule has 4 rings (SSSR count). The van der Waals surface area contributed by atoms with Gasteiger partial charge < -0.3 is 10.2 Å². The van der Waals surface area contributed by atoms with Crippen LogP contribution in [0.15, 0.2) is 54.6 Å². The van der Waals surface area contributed by atoms with Crippen molar-refractivity contribution in [3.05, 3.63) is 77.0 Å². The number of hydrogen-bond acceptors (Lipinski definition) is 5. The summed E-state index contributed by atoms with van der Waals surface area (Å²) in [4.78, 5) is 42.8. The van der Waals surface area contributed by atoms with Crippen LogP contribution < -0.4 is 10.2 Å². The Bertz CT molecular complexity index is 1500. The van der Waals surface area contributed by atoms with Gasteiger partial charge in [0.15, 0.2) is 5.69 Å². The molecule has 0 spiro atoms. The number of amides is 3. The summed E-state index contributed by atoms with van der Waals surface area (Å²) in [7, 11) is 0. The van der Waals surface area contributed by atoms with E-state index >= 15 is 0 Å². The van der Waals surface area contributed by atoms with Gasteiger partial charge in [0.1, 0.15) is 17.9 Å². The molecule has 214 valence electrons. The van der Waals surface area contributed by atoms with Crippen LogP contribution in [0.25, 0.3) is 5.69 Å². The van der Waals surface area contributed by atoms with Gasteiger partial charge in [-0.25, -0.2) is 4.68 Å². The zero-order valence-corrected chi connectivity index (χ0v) is 22.8. The fourth-order valence-electron chi connectivity index (χ4n) is 4.86. The summed E-state index contributed by atoms with van der Waals surface area (Å²) in [6.07, 6.45) is -3.37. The molecule has 41 heavy (non-hydrogen) atoms. The number of para-hydroxylation sites is 1. The van der Waals surface area contributed by atoms with Crippen LogP contribution in [0.5, 0.6) is 0 Å². The molecule has 2 unspecified atom stereocenters. The first-order valence-electron chi connectivity index (χ1n) is 13.1. The normalized spacial score (nSPS) is 15.7. The molecule has 3 aromatic rings. The van der Waals surface area contributed by atoms with Gasteiger partial charge in [-0.1, -0.05) is 24.3 Å². The third-order valence-electron chi connectivity index (χ3n) is 6.97. The van der Waals surface area contributed by atoms with Gasteiger partial charge in [-0.3, -0.25) is 19.3 Å². The monoisotopic (exact) mass is 566 g/mol. The SMILES string of the molecule is CCN(C(=O)C(C)NC(=O)c1cccc(C(F)(F)F)c1)c1c(C)c(C(=O)N2CCCC2C#N)nn1-c1ccccc1. The molecule has 1 aromatic heterocycles. The maximum absolute atomic E-state index is 13.7. The fraction of sp³-hybridized carbons (Fsp3) is 0.345. The molecule has 3 amide bonds. The maximum Gasteiger partial charge on any atom is 0.416 e. The molecule has 1 fully saturated rings. The maximum atomic E-state index is 13.7. The predicted molar refractivity (Wildman–Crippen MR) is 144 cm³/mol. The highest BCUT2D eigenvalue weighted by atomic mass is 19.4. The number of nitrogens with one attached hydrogen (secondary N) is 1. The molecule has 2 aromatic carbocycles. The van der Waals surface area contributed by atoms with Crippen LogP contribution in [-0.2, 0) is 11.0 Å². The van der Waals surface area contributed by atoms with E-state index in [1.165, 1.54) is 27.5 Å². The first kappa shape index (κ1) is 29.3. The lowest BCUT2D eigenvalue weighted by molar-refractivity contribution is -0.137.